The van der Waals surface area contributed by atoms with Crippen molar-refractivity contribution in [3.05, 3.63) is 16.7 Å². The molecule has 1 aliphatic heterocycles. The van der Waals surface area contributed by atoms with Crippen molar-refractivity contribution in [1.82, 2.24) is 0 Å². The van der Waals surface area contributed by atoms with E-state index in [9.17, 15) is 5.11 Å². The average Bonchev–Trinajstić information content (AvgIpc) is 2.50. The van der Waals surface area contributed by atoms with Gasteiger partial charge < -0.3 is 20.3 Å². The number of benzene rings is 1. The summed E-state index contributed by atoms with van der Waals surface area (Å²) in [6.07, 6.45) is 0. The Morgan fingerprint density at radius 1 is 1.47 bits per heavy atom. The Hall–Kier alpha value is -1.13. The van der Waals surface area contributed by atoms with Crippen LogP contribution in [0.4, 0.5) is 0 Å². The Labute approximate surface area is 92.5 Å². The minimum atomic E-state index is -0.743. The van der Waals surface area contributed by atoms with E-state index < -0.39 is 5.54 Å². The van der Waals surface area contributed by atoms with Gasteiger partial charge in [0.05, 0.1) is 10.6 Å². The molecule has 1 aliphatic rings. The standard InChI is InChI=1S/C10H12ClNO3/c1-10(2,12)7-8(13)5(11)3-6-9(7)15-4-14-6/h3,13H,4,12H2,1-2H3. The second-order valence-corrected chi connectivity index (χ2v) is 4.44. The molecule has 3 N–H and O–H groups in total. The third-order valence-corrected chi connectivity index (χ3v) is 2.52. The van der Waals surface area contributed by atoms with E-state index in [1.165, 1.54) is 6.07 Å². The van der Waals surface area contributed by atoms with Crippen LogP contribution in [0, 0.1) is 0 Å². The summed E-state index contributed by atoms with van der Waals surface area (Å²) >= 11 is 5.86. The monoisotopic (exact) mass is 229 g/mol. The van der Waals surface area contributed by atoms with Crippen LogP contribution in [0.5, 0.6) is 17.2 Å². The van der Waals surface area contributed by atoms with Gasteiger partial charge in [0.2, 0.25) is 6.79 Å². The smallest absolute Gasteiger partial charge is 0.231 e. The summed E-state index contributed by atoms with van der Waals surface area (Å²) in [7, 11) is 0. The summed E-state index contributed by atoms with van der Waals surface area (Å²) in [6, 6.07) is 1.52. The van der Waals surface area contributed by atoms with E-state index in [0.717, 1.165) is 0 Å². The molecule has 5 heteroatoms. The van der Waals surface area contributed by atoms with E-state index >= 15 is 0 Å². The first-order chi connectivity index (χ1) is 6.91. The lowest BCUT2D eigenvalue weighted by Crippen LogP contribution is -2.29. The summed E-state index contributed by atoms with van der Waals surface area (Å²) < 4.78 is 10.5. The lowest BCUT2D eigenvalue weighted by molar-refractivity contribution is 0.172. The summed E-state index contributed by atoms with van der Waals surface area (Å²) in [6.45, 7) is 3.65. The highest BCUT2D eigenvalue weighted by Crippen LogP contribution is 2.48. The minimum Gasteiger partial charge on any atom is -0.506 e. The lowest BCUT2D eigenvalue weighted by Gasteiger charge is -2.22. The van der Waals surface area contributed by atoms with Crippen molar-refractivity contribution in [2.24, 2.45) is 5.73 Å². The van der Waals surface area contributed by atoms with Crippen molar-refractivity contribution in [3.8, 4) is 17.2 Å². The highest BCUT2D eigenvalue weighted by molar-refractivity contribution is 6.32. The first-order valence-corrected chi connectivity index (χ1v) is 4.89. The third-order valence-electron chi connectivity index (χ3n) is 2.23. The number of nitrogens with two attached hydrogens (primary N) is 1. The normalized spacial score (nSPS) is 14.4. The molecule has 0 amide bonds. The third kappa shape index (κ3) is 1.60. The second kappa shape index (κ2) is 3.18. The Morgan fingerprint density at radius 2 is 2.13 bits per heavy atom. The Balaban J connectivity index is 2.71. The first-order valence-electron chi connectivity index (χ1n) is 4.51. The van der Waals surface area contributed by atoms with E-state index in [1.807, 2.05) is 0 Å². The van der Waals surface area contributed by atoms with Crippen LogP contribution >= 0.6 is 11.6 Å². The van der Waals surface area contributed by atoms with Crippen LogP contribution in [0.15, 0.2) is 6.07 Å². The summed E-state index contributed by atoms with van der Waals surface area (Å²) in [5.41, 5.74) is 5.68. The van der Waals surface area contributed by atoms with E-state index in [0.29, 0.717) is 17.1 Å². The van der Waals surface area contributed by atoms with Crippen molar-refractivity contribution in [2.45, 2.75) is 19.4 Å². The number of rotatable bonds is 1. The predicted octanol–water partition coefficient (Wildman–Crippen LogP) is 1.97. The maximum atomic E-state index is 9.85. The van der Waals surface area contributed by atoms with Crippen LogP contribution in [0.25, 0.3) is 0 Å². The summed E-state index contributed by atoms with van der Waals surface area (Å²) in [4.78, 5) is 0. The molecule has 1 heterocycles. The van der Waals surface area contributed by atoms with E-state index in [-0.39, 0.29) is 17.6 Å². The number of hydrogen-bond acceptors (Lipinski definition) is 4. The van der Waals surface area contributed by atoms with E-state index in [2.05, 4.69) is 0 Å². The fourth-order valence-corrected chi connectivity index (χ4v) is 1.79. The fourth-order valence-electron chi connectivity index (χ4n) is 1.60. The zero-order chi connectivity index (χ0) is 11.2. The molecule has 0 aliphatic carbocycles. The molecule has 0 fully saturated rings. The number of phenolic OH excluding ortho intramolecular Hbond substituents is 1. The van der Waals surface area contributed by atoms with Gasteiger partial charge in [0, 0.05) is 11.6 Å². The number of halogens is 1. The van der Waals surface area contributed by atoms with Crippen molar-refractivity contribution >= 4 is 11.6 Å². The van der Waals surface area contributed by atoms with Crippen LogP contribution in [0.1, 0.15) is 19.4 Å². The molecule has 0 atom stereocenters. The van der Waals surface area contributed by atoms with Gasteiger partial charge in [-0.2, -0.15) is 0 Å². The molecular weight excluding hydrogens is 218 g/mol. The predicted molar refractivity (Wildman–Crippen MR) is 56.5 cm³/mol. The quantitative estimate of drug-likeness (QED) is 0.773. The number of hydrogen-bond donors (Lipinski definition) is 2. The molecule has 4 nitrogen and oxygen atoms in total. The largest absolute Gasteiger partial charge is 0.506 e. The molecular formula is C10H12ClNO3. The minimum absolute atomic E-state index is 0.0478. The molecule has 0 saturated carbocycles. The van der Waals surface area contributed by atoms with Gasteiger partial charge in [-0.05, 0) is 13.8 Å². The molecule has 0 saturated heterocycles. The zero-order valence-electron chi connectivity index (χ0n) is 8.50. The number of fused-ring (bicyclic) bond motifs is 1. The van der Waals surface area contributed by atoms with Crippen molar-refractivity contribution < 1.29 is 14.6 Å². The molecule has 1 aromatic rings. The molecule has 0 radical (unpaired) electrons. The van der Waals surface area contributed by atoms with Crippen LogP contribution in [-0.4, -0.2) is 11.9 Å². The summed E-state index contributed by atoms with van der Waals surface area (Å²) in [5.74, 6) is 0.948. The van der Waals surface area contributed by atoms with Gasteiger partial charge in [0.1, 0.15) is 5.75 Å². The highest BCUT2D eigenvalue weighted by atomic mass is 35.5. The Morgan fingerprint density at radius 3 is 2.73 bits per heavy atom. The van der Waals surface area contributed by atoms with Crippen molar-refractivity contribution in [3.63, 3.8) is 0 Å². The maximum absolute atomic E-state index is 9.85. The van der Waals surface area contributed by atoms with E-state index in [4.69, 9.17) is 26.8 Å². The lowest BCUT2D eigenvalue weighted by atomic mass is 9.93. The van der Waals surface area contributed by atoms with Gasteiger partial charge in [-0.15, -0.1) is 0 Å². The van der Waals surface area contributed by atoms with Crippen LogP contribution in [-0.2, 0) is 5.54 Å². The van der Waals surface area contributed by atoms with Gasteiger partial charge in [-0.1, -0.05) is 11.6 Å². The zero-order valence-corrected chi connectivity index (χ0v) is 9.26. The van der Waals surface area contributed by atoms with Gasteiger partial charge in [0.15, 0.2) is 11.5 Å². The Bertz CT molecular complexity index is 412. The van der Waals surface area contributed by atoms with Gasteiger partial charge in [0.25, 0.3) is 0 Å². The Kier molecular flexibility index (Phi) is 2.20. The molecule has 82 valence electrons. The fraction of sp³-hybridized carbons (Fsp3) is 0.400. The maximum Gasteiger partial charge on any atom is 0.231 e. The SMILES string of the molecule is CC(C)(N)c1c(O)c(Cl)cc2c1OCO2. The van der Waals surface area contributed by atoms with Gasteiger partial charge in [-0.3, -0.25) is 0 Å². The number of phenols is 1. The molecule has 0 unspecified atom stereocenters. The first kappa shape index (κ1) is 10.4. The molecule has 0 bridgehead atoms. The molecule has 2 rings (SSSR count). The van der Waals surface area contributed by atoms with Gasteiger partial charge in [-0.25, -0.2) is 0 Å². The van der Waals surface area contributed by atoms with Gasteiger partial charge >= 0.3 is 0 Å². The topological polar surface area (TPSA) is 64.7 Å². The number of ether oxygens (including phenoxy) is 2. The molecule has 15 heavy (non-hydrogen) atoms. The summed E-state index contributed by atoms with van der Waals surface area (Å²) in [5, 5.41) is 10.1. The van der Waals surface area contributed by atoms with Crippen LogP contribution in [0.3, 0.4) is 0 Å². The molecule has 1 aromatic carbocycles. The van der Waals surface area contributed by atoms with Crippen LogP contribution < -0.4 is 15.2 Å². The van der Waals surface area contributed by atoms with Crippen LogP contribution in [0.2, 0.25) is 5.02 Å². The van der Waals surface area contributed by atoms with Crippen molar-refractivity contribution in [1.29, 1.82) is 0 Å². The second-order valence-electron chi connectivity index (χ2n) is 4.04. The molecule has 0 spiro atoms. The highest BCUT2D eigenvalue weighted by Gasteiger charge is 2.31. The number of aromatic hydroxyl groups is 1. The van der Waals surface area contributed by atoms with Crippen molar-refractivity contribution in [2.75, 3.05) is 6.79 Å². The average molecular weight is 230 g/mol. The van der Waals surface area contributed by atoms with E-state index in [1.54, 1.807) is 13.8 Å². The molecule has 0 aromatic heterocycles.